The molecule has 9 aromatic carbocycles. The Labute approximate surface area is 335 Å². The van der Waals surface area contributed by atoms with Crippen LogP contribution in [0.2, 0.25) is 0 Å². The van der Waals surface area contributed by atoms with Gasteiger partial charge in [0.1, 0.15) is 11.2 Å². The standard InChI is InChI=1S/C54H35NOS/c1-3-12-36(13-4-1)41-32-42(37-14-5-2-6-15-37)34-43(33-41)39-24-29-45(30-25-39)55(49-18-11-20-51-54(49)48-17-7-9-19-50(48)56-51)44-27-22-38(23-28-44)40-26-31-47-46-16-8-10-21-52(46)57-53(47)35-40/h1-35H. The number of para-hydroxylation sites is 1. The molecule has 0 atom stereocenters. The molecule has 2 aromatic heterocycles. The fourth-order valence-corrected chi connectivity index (χ4v) is 9.42. The molecule has 0 radical (unpaired) electrons. The van der Waals surface area contributed by atoms with Gasteiger partial charge in [-0.15, -0.1) is 11.3 Å². The van der Waals surface area contributed by atoms with E-state index in [1.165, 1.54) is 59.1 Å². The van der Waals surface area contributed by atoms with E-state index in [1.807, 2.05) is 23.5 Å². The molecular weight excluding hydrogens is 711 g/mol. The molecule has 11 aromatic rings. The number of furan rings is 1. The number of fused-ring (bicyclic) bond motifs is 6. The molecule has 0 aliphatic heterocycles. The molecule has 0 bridgehead atoms. The van der Waals surface area contributed by atoms with Gasteiger partial charge < -0.3 is 9.32 Å². The average molecular weight is 746 g/mol. The van der Waals surface area contributed by atoms with Crippen molar-refractivity contribution in [2.75, 3.05) is 4.90 Å². The molecule has 0 saturated carbocycles. The van der Waals surface area contributed by atoms with E-state index in [2.05, 4.69) is 205 Å². The molecule has 0 unspecified atom stereocenters. The summed E-state index contributed by atoms with van der Waals surface area (Å²) < 4.78 is 9.03. The maximum atomic E-state index is 6.40. The number of benzene rings is 9. The van der Waals surface area contributed by atoms with Crippen LogP contribution in [0.25, 0.3) is 86.6 Å². The van der Waals surface area contributed by atoms with Crippen molar-refractivity contribution in [1.29, 1.82) is 0 Å². The molecule has 268 valence electrons. The largest absolute Gasteiger partial charge is 0.456 e. The van der Waals surface area contributed by atoms with Crippen molar-refractivity contribution in [2.45, 2.75) is 0 Å². The minimum Gasteiger partial charge on any atom is -0.456 e. The number of hydrogen-bond donors (Lipinski definition) is 0. The molecule has 0 N–H and O–H groups in total. The van der Waals surface area contributed by atoms with Gasteiger partial charge in [-0.2, -0.15) is 0 Å². The van der Waals surface area contributed by atoms with Crippen LogP contribution in [-0.4, -0.2) is 0 Å². The Hall–Kier alpha value is -7.20. The van der Waals surface area contributed by atoms with E-state index < -0.39 is 0 Å². The molecule has 2 nitrogen and oxygen atoms in total. The van der Waals surface area contributed by atoms with Crippen molar-refractivity contribution in [3.8, 4) is 44.5 Å². The Morgan fingerprint density at radius 1 is 0.316 bits per heavy atom. The summed E-state index contributed by atoms with van der Waals surface area (Å²) in [7, 11) is 0. The quantitative estimate of drug-likeness (QED) is 0.162. The SMILES string of the molecule is c1ccc(-c2cc(-c3ccccc3)cc(-c3ccc(N(c4ccc(-c5ccc6c(c5)sc5ccccc56)cc4)c4cccc5oc6ccccc6c45)cc3)c2)cc1. The number of rotatable bonds is 7. The van der Waals surface area contributed by atoms with Gasteiger partial charge in [-0.25, -0.2) is 0 Å². The molecule has 3 heteroatoms. The summed E-state index contributed by atoms with van der Waals surface area (Å²) in [5.41, 5.74) is 14.5. The smallest absolute Gasteiger partial charge is 0.137 e. The van der Waals surface area contributed by atoms with E-state index in [0.29, 0.717) is 0 Å². The van der Waals surface area contributed by atoms with E-state index in [1.54, 1.807) is 0 Å². The lowest BCUT2D eigenvalue weighted by Gasteiger charge is -2.26. The number of anilines is 3. The first-order chi connectivity index (χ1) is 28.2. The van der Waals surface area contributed by atoms with Gasteiger partial charge in [-0.05, 0) is 117 Å². The van der Waals surface area contributed by atoms with Crippen LogP contribution in [0.5, 0.6) is 0 Å². The highest BCUT2D eigenvalue weighted by molar-refractivity contribution is 7.25. The molecule has 0 aliphatic carbocycles. The van der Waals surface area contributed by atoms with Crippen molar-refractivity contribution in [1.82, 2.24) is 0 Å². The van der Waals surface area contributed by atoms with Crippen LogP contribution >= 0.6 is 11.3 Å². The van der Waals surface area contributed by atoms with Crippen molar-refractivity contribution in [2.24, 2.45) is 0 Å². The van der Waals surface area contributed by atoms with Crippen molar-refractivity contribution in [3.63, 3.8) is 0 Å². The predicted octanol–water partition coefficient (Wildman–Crippen LogP) is 16.1. The summed E-state index contributed by atoms with van der Waals surface area (Å²) in [5.74, 6) is 0. The molecule has 0 aliphatic rings. The third-order valence-electron chi connectivity index (χ3n) is 11.1. The van der Waals surface area contributed by atoms with Crippen LogP contribution in [-0.2, 0) is 0 Å². The molecule has 0 amide bonds. The lowest BCUT2D eigenvalue weighted by Crippen LogP contribution is -2.10. The van der Waals surface area contributed by atoms with Gasteiger partial charge in [0.05, 0.1) is 11.1 Å². The molecule has 2 heterocycles. The van der Waals surface area contributed by atoms with E-state index in [0.717, 1.165) is 44.6 Å². The zero-order chi connectivity index (χ0) is 37.7. The molecule has 57 heavy (non-hydrogen) atoms. The summed E-state index contributed by atoms with van der Waals surface area (Å²) in [6.07, 6.45) is 0. The van der Waals surface area contributed by atoms with Gasteiger partial charge in [0.2, 0.25) is 0 Å². The fraction of sp³-hybridized carbons (Fsp3) is 0. The molecule has 0 saturated heterocycles. The Morgan fingerprint density at radius 2 is 0.807 bits per heavy atom. The number of hydrogen-bond acceptors (Lipinski definition) is 3. The first-order valence-corrected chi connectivity index (χ1v) is 20.1. The Kier molecular flexibility index (Phi) is 8.04. The van der Waals surface area contributed by atoms with Crippen molar-refractivity contribution in [3.05, 3.63) is 212 Å². The molecule has 11 rings (SSSR count). The van der Waals surface area contributed by atoms with Crippen molar-refractivity contribution < 1.29 is 4.42 Å². The Balaban J connectivity index is 1.03. The van der Waals surface area contributed by atoms with E-state index >= 15 is 0 Å². The highest BCUT2D eigenvalue weighted by Gasteiger charge is 2.20. The van der Waals surface area contributed by atoms with Crippen LogP contribution in [0, 0.1) is 0 Å². The summed E-state index contributed by atoms with van der Waals surface area (Å²) in [4.78, 5) is 2.36. The lowest BCUT2D eigenvalue weighted by molar-refractivity contribution is 0.669. The maximum absolute atomic E-state index is 6.40. The van der Waals surface area contributed by atoms with Crippen LogP contribution in [0.1, 0.15) is 0 Å². The van der Waals surface area contributed by atoms with Crippen LogP contribution in [0.15, 0.2) is 217 Å². The van der Waals surface area contributed by atoms with Crippen LogP contribution < -0.4 is 4.90 Å². The van der Waals surface area contributed by atoms with Gasteiger partial charge in [0, 0.05) is 36.9 Å². The highest BCUT2D eigenvalue weighted by Crippen LogP contribution is 2.44. The van der Waals surface area contributed by atoms with E-state index in [9.17, 15) is 0 Å². The summed E-state index contributed by atoms with van der Waals surface area (Å²) >= 11 is 1.86. The lowest BCUT2D eigenvalue weighted by atomic mass is 9.93. The Morgan fingerprint density at radius 3 is 1.46 bits per heavy atom. The predicted molar refractivity (Wildman–Crippen MR) is 243 cm³/mol. The average Bonchev–Trinajstić information content (AvgIpc) is 3.86. The van der Waals surface area contributed by atoms with Crippen LogP contribution in [0.4, 0.5) is 17.1 Å². The molecule has 0 spiro atoms. The van der Waals surface area contributed by atoms with Crippen LogP contribution in [0.3, 0.4) is 0 Å². The van der Waals surface area contributed by atoms with Gasteiger partial charge in [0.25, 0.3) is 0 Å². The highest BCUT2D eigenvalue weighted by atomic mass is 32.1. The van der Waals surface area contributed by atoms with E-state index in [-0.39, 0.29) is 0 Å². The second-order valence-corrected chi connectivity index (χ2v) is 15.6. The first kappa shape index (κ1) is 33.2. The fourth-order valence-electron chi connectivity index (χ4n) is 8.27. The van der Waals surface area contributed by atoms with Gasteiger partial charge in [-0.1, -0.05) is 140 Å². The molecular formula is C54H35NOS. The normalized spacial score (nSPS) is 11.5. The number of nitrogens with zero attached hydrogens (tertiary/aromatic N) is 1. The Bertz CT molecular complexity index is 3160. The summed E-state index contributed by atoms with van der Waals surface area (Å²) in [6, 6.07) is 76.4. The second-order valence-electron chi connectivity index (χ2n) is 14.5. The maximum Gasteiger partial charge on any atom is 0.137 e. The monoisotopic (exact) mass is 745 g/mol. The second kappa shape index (κ2) is 13.8. The minimum absolute atomic E-state index is 0.870. The van der Waals surface area contributed by atoms with Crippen molar-refractivity contribution >= 4 is 70.5 Å². The molecule has 0 fully saturated rings. The third-order valence-corrected chi connectivity index (χ3v) is 12.2. The van der Waals surface area contributed by atoms with E-state index in [4.69, 9.17) is 4.42 Å². The van der Waals surface area contributed by atoms with Gasteiger partial charge >= 0.3 is 0 Å². The third kappa shape index (κ3) is 5.97. The topological polar surface area (TPSA) is 16.4 Å². The summed E-state index contributed by atoms with van der Waals surface area (Å²) in [6.45, 7) is 0. The zero-order valence-corrected chi connectivity index (χ0v) is 31.8. The summed E-state index contributed by atoms with van der Waals surface area (Å²) in [5, 5.41) is 4.83. The zero-order valence-electron chi connectivity index (χ0n) is 31.0. The number of thiophene rings is 1. The first-order valence-electron chi connectivity index (χ1n) is 19.3. The minimum atomic E-state index is 0.870. The van der Waals surface area contributed by atoms with Gasteiger partial charge in [-0.3, -0.25) is 0 Å². The van der Waals surface area contributed by atoms with Gasteiger partial charge in [0.15, 0.2) is 0 Å².